The first-order valence-corrected chi connectivity index (χ1v) is 5.04. The molecule has 2 rings (SSSR count). The molecule has 1 fully saturated rings. The lowest BCUT2D eigenvalue weighted by Gasteiger charge is -2.16. The van der Waals surface area contributed by atoms with E-state index in [0.717, 1.165) is 17.7 Å². The van der Waals surface area contributed by atoms with Crippen LogP contribution in [0.3, 0.4) is 0 Å². The third-order valence-corrected chi connectivity index (χ3v) is 3.01. The van der Waals surface area contributed by atoms with Crippen LogP contribution in [0.4, 0.5) is 0 Å². The highest BCUT2D eigenvalue weighted by molar-refractivity contribution is 5.72. The molecule has 80 valence electrons. The molecule has 4 heteroatoms. The molecule has 1 aliphatic rings. The Morgan fingerprint density at radius 3 is 3.07 bits per heavy atom. The van der Waals surface area contributed by atoms with Gasteiger partial charge in [0.2, 0.25) is 0 Å². The van der Waals surface area contributed by atoms with Crippen LogP contribution in [0.2, 0.25) is 0 Å². The highest BCUT2D eigenvalue weighted by Crippen LogP contribution is 2.29. The minimum absolute atomic E-state index is 0.0520. The second-order valence-electron chi connectivity index (χ2n) is 3.94. The molecule has 15 heavy (non-hydrogen) atoms. The van der Waals surface area contributed by atoms with E-state index in [9.17, 15) is 4.79 Å². The molecule has 0 aromatic carbocycles. The number of aromatic nitrogens is 1. The van der Waals surface area contributed by atoms with Gasteiger partial charge >= 0.3 is 5.97 Å². The number of rotatable bonds is 2. The summed E-state index contributed by atoms with van der Waals surface area (Å²) in [5.41, 5.74) is 2.17. The van der Waals surface area contributed by atoms with Crippen molar-refractivity contribution in [2.24, 2.45) is 5.92 Å². The molecule has 2 heterocycles. The number of carboxylic acids is 1. The topological polar surface area (TPSA) is 62.2 Å². The summed E-state index contributed by atoms with van der Waals surface area (Å²) in [4.78, 5) is 15.1. The molecule has 0 radical (unpaired) electrons. The molecule has 0 spiro atoms. The van der Waals surface area contributed by atoms with Gasteiger partial charge in [0.25, 0.3) is 0 Å². The molecule has 4 nitrogen and oxygen atoms in total. The molecular weight excluding hydrogens is 192 g/mol. The first kappa shape index (κ1) is 10.1. The third-order valence-electron chi connectivity index (χ3n) is 3.01. The second-order valence-corrected chi connectivity index (χ2v) is 3.94. The smallest absolute Gasteiger partial charge is 0.308 e. The van der Waals surface area contributed by atoms with Gasteiger partial charge in [-0.3, -0.25) is 9.78 Å². The van der Waals surface area contributed by atoms with Crippen molar-refractivity contribution >= 4 is 5.97 Å². The highest BCUT2D eigenvalue weighted by Gasteiger charge is 2.34. The molecule has 0 aliphatic carbocycles. The average Bonchev–Trinajstić information content (AvgIpc) is 2.67. The standard InChI is InChI=1S/C11H14N2O2/c1-7-2-3-12-4-8(7)9-5-13-6-10(9)11(14)15/h2-4,9-10,13H,5-6H2,1H3,(H,14,15). The minimum Gasteiger partial charge on any atom is -0.481 e. The van der Waals surface area contributed by atoms with Crippen molar-refractivity contribution in [1.29, 1.82) is 0 Å². The molecule has 0 bridgehead atoms. The maximum Gasteiger partial charge on any atom is 0.308 e. The van der Waals surface area contributed by atoms with E-state index >= 15 is 0 Å². The van der Waals surface area contributed by atoms with Gasteiger partial charge in [0.05, 0.1) is 5.92 Å². The maximum absolute atomic E-state index is 11.0. The van der Waals surface area contributed by atoms with Gasteiger partial charge in [0.1, 0.15) is 0 Å². The Labute approximate surface area is 88.3 Å². The van der Waals surface area contributed by atoms with Crippen LogP contribution in [0.15, 0.2) is 18.5 Å². The van der Waals surface area contributed by atoms with E-state index in [4.69, 9.17) is 5.11 Å². The predicted octanol–water partition coefficient (Wildman–Crippen LogP) is 0.778. The van der Waals surface area contributed by atoms with E-state index in [0.29, 0.717) is 6.54 Å². The number of pyridine rings is 1. The van der Waals surface area contributed by atoms with Crippen LogP contribution in [0, 0.1) is 12.8 Å². The van der Waals surface area contributed by atoms with Crippen molar-refractivity contribution in [3.63, 3.8) is 0 Å². The Hall–Kier alpha value is -1.42. The fraction of sp³-hybridized carbons (Fsp3) is 0.455. The quantitative estimate of drug-likeness (QED) is 0.750. The highest BCUT2D eigenvalue weighted by atomic mass is 16.4. The lowest BCUT2D eigenvalue weighted by Crippen LogP contribution is -2.21. The zero-order chi connectivity index (χ0) is 10.8. The van der Waals surface area contributed by atoms with Gasteiger partial charge in [-0.1, -0.05) is 0 Å². The summed E-state index contributed by atoms with van der Waals surface area (Å²) in [6.45, 7) is 3.27. The fourth-order valence-corrected chi connectivity index (χ4v) is 2.13. The summed E-state index contributed by atoms with van der Waals surface area (Å²) in [6, 6.07) is 1.92. The van der Waals surface area contributed by atoms with Gasteiger partial charge in [0, 0.05) is 31.4 Å². The van der Waals surface area contributed by atoms with Crippen LogP contribution in [0.5, 0.6) is 0 Å². The van der Waals surface area contributed by atoms with Crippen molar-refractivity contribution in [1.82, 2.24) is 10.3 Å². The van der Waals surface area contributed by atoms with Crippen LogP contribution >= 0.6 is 0 Å². The van der Waals surface area contributed by atoms with E-state index in [-0.39, 0.29) is 11.8 Å². The number of aryl methyl sites for hydroxylation is 1. The third kappa shape index (κ3) is 1.85. The van der Waals surface area contributed by atoms with Gasteiger partial charge in [-0.2, -0.15) is 0 Å². The molecule has 1 aromatic heterocycles. The van der Waals surface area contributed by atoms with Gasteiger partial charge in [-0.05, 0) is 24.1 Å². The first-order valence-electron chi connectivity index (χ1n) is 5.04. The largest absolute Gasteiger partial charge is 0.481 e. The number of carbonyl (C=O) groups is 1. The number of aliphatic carboxylic acids is 1. The molecule has 1 aromatic rings. The number of hydrogen-bond donors (Lipinski definition) is 2. The van der Waals surface area contributed by atoms with Crippen molar-refractivity contribution < 1.29 is 9.90 Å². The number of nitrogens with zero attached hydrogens (tertiary/aromatic N) is 1. The Kier molecular flexibility index (Phi) is 2.68. The summed E-state index contributed by atoms with van der Waals surface area (Å²) in [6.07, 6.45) is 3.51. The predicted molar refractivity (Wildman–Crippen MR) is 55.7 cm³/mol. The maximum atomic E-state index is 11.0. The van der Waals surface area contributed by atoms with Gasteiger partial charge < -0.3 is 10.4 Å². The van der Waals surface area contributed by atoms with Gasteiger partial charge in [0.15, 0.2) is 0 Å². The number of nitrogens with one attached hydrogen (secondary N) is 1. The van der Waals surface area contributed by atoms with E-state index in [1.165, 1.54) is 0 Å². The Bertz CT molecular complexity index is 379. The van der Waals surface area contributed by atoms with Crippen molar-refractivity contribution in [2.75, 3.05) is 13.1 Å². The molecule has 1 saturated heterocycles. The van der Waals surface area contributed by atoms with Crippen LogP contribution < -0.4 is 5.32 Å². The van der Waals surface area contributed by atoms with Crippen molar-refractivity contribution in [3.05, 3.63) is 29.6 Å². The van der Waals surface area contributed by atoms with Crippen LogP contribution in [-0.2, 0) is 4.79 Å². The molecule has 2 atom stereocenters. The zero-order valence-electron chi connectivity index (χ0n) is 8.60. The fourth-order valence-electron chi connectivity index (χ4n) is 2.13. The Balaban J connectivity index is 2.30. The minimum atomic E-state index is -0.728. The van der Waals surface area contributed by atoms with Gasteiger partial charge in [-0.15, -0.1) is 0 Å². The van der Waals surface area contributed by atoms with Crippen LogP contribution in [0.25, 0.3) is 0 Å². The van der Waals surface area contributed by atoms with Crippen LogP contribution in [-0.4, -0.2) is 29.1 Å². The monoisotopic (exact) mass is 206 g/mol. The Morgan fingerprint density at radius 1 is 1.60 bits per heavy atom. The van der Waals surface area contributed by atoms with Crippen LogP contribution in [0.1, 0.15) is 17.0 Å². The average molecular weight is 206 g/mol. The summed E-state index contributed by atoms with van der Waals surface area (Å²) in [5.74, 6) is -1.00. The van der Waals surface area contributed by atoms with E-state index < -0.39 is 5.97 Å². The lowest BCUT2D eigenvalue weighted by molar-refractivity contribution is -0.141. The molecular formula is C11H14N2O2. The second kappa shape index (κ2) is 3.98. The SMILES string of the molecule is Cc1ccncc1C1CNCC1C(=O)O. The van der Waals surface area contributed by atoms with E-state index in [2.05, 4.69) is 10.3 Å². The summed E-state index contributed by atoms with van der Waals surface area (Å²) in [7, 11) is 0. The zero-order valence-corrected chi connectivity index (χ0v) is 8.60. The molecule has 1 aliphatic heterocycles. The van der Waals surface area contributed by atoms with Crippen molar-refractivity contribution in [3.8, 4) is 0 Å². The summed E-state index contributed by atoms with van der Waals surface area (Å²) >= 11 is 0. The van der Waals surface area contributed by atoms with Crippen molar-refractivity contribution in [2.45, 2.75) is 12.8 Å². The molecule has 0 saturated carbocycles. The summed E-state index contributed by atoms with van der Waals surface area (Å²) < 4.78 is 0. The molecule has 2 unspecified atom stereocenters. The number of carboxylic acid groups (broad SMARTS) is 1. The first-order chi connectivity index (χ1) is 7.20. The number of hydrogen-bond acceptors (Lipinski definition) is 3. The van der Waals surface area contributed by atoms with E-state index in [1.807, 2.05) is 13.0 Å². The Morgan fingerprint density at radius 2 is 2.40 bits per heavy atom. The van der Waals surface area contributed by atoms with E-state index in [1.54, 1.807) is 12.4 Å². The molecule has 0 amide bonds. The normalized spacial score (nSPS) is 25.4. The van der Waals surface area contributed by atoms with Gasteiger partial charge in [-0.25, -0.2) is 0 Å². The molecule has 2 N–H and O–H groups in total. The lowest BCUT2D eigenvalue weighted by atomic mass is 9.88. The summed E-state index contributed by atoms with van der Waals surface area (Å²) in [5, 5.41) is 12.2.